The molecule has 2 rings (SSSR count). The van der Waals surface area contributed by atoms with Crippen LogP contribution in [0.5, 0.6) is 0 Å². The van der Waals surface area contributed by atoms with Crippen LogP contribution in [0.3, 0.4) is 0 Å². The lowest BCUT2D eigenvalue weighted by molar-refractivity contribution is 0.178. The smallest absolute Gasteiger partial charge is 0.0830 e. The largest absolute Gasteiger partial charge is 0.388 e. The van der Waals surface area contributed by atoms with Gasteiger partial charge in [0.2, 0.25) is 0 Å². The van der Waals surface area contributed by atoms with Crippen molar-refractivity contribution < 1.29 is 5.11 Å². The van der Waals surface area contributed by atoms with Crippen molar-refractivity contribution in [3.8, 4) is 0 Å². The Bertz CT molecular complexity index is 599. The second-order valence-electron chi connectivity index (χ2n) is 6.49. The van der Waals surface area contributed by atoms with E-state index in [0.717, 1.165) is 12.0 Å². The molecule has 0 spiro atoms. The van der Waals surface area contributed by atoms with E-state index in [4.69, 9.17) is 0 Å². The number of aliphatic hydroxyl groups excluding tert-OH is 1. The molecule has 1 N–H and O–H groups in total. The Kier molecular flexibility index (Phi) is 5.19. The molecule has 1 nitrogen and oxygen atoms in total. The van der Waals surface area contributed by atoms with Gasteiger partial charge in [0.25, 0.3) is 0 Å². The second-order valence-corrected chi connectivity index (χ2v) is 6.49. The van der Waals surface area contributed by atoms with Gasteiger partial charge in [-0.15, -0.1) is 0 Å². The summed E-state index contributed by atoms with van der Waals surface area (Å²) in [6.45, 7) is 8.65. The van der Waals surface area contributed by atoms with Crippen LogP contribution in [0.25, 0.3) is 0 Å². The Hall–Kier alpha value is -1.60. The van der Waals surface area contributed by atoms with Gasteiger partial charge in [-0.25, -0.2) is 0 Å². The Labute approximate surface area is 128 Å². The third kappa shape index (κ3) is 4.44. The van der Waals surface area contributed by atoms with Crippen LogP contribution in [0.2, 0.25) is 0 Å². The lowest BCUT2D eigenvalue weighted by Gasteiger charge is -2.15. The molecule has 0 aromatic heterocycles. The minimum absolute atomic E-state index is 0.433. The SMILES string of the molecule is Cc1ccc(C)c(CC(O)c2cccc(CC(C)C)c2)c1. The molecule has 0 aliphatic heterocycles. The van der Waals surface area contributed by atoms with Crippen LogP contribution in [-0.4, -0.2) is 5.11 Å². The molecule has 0 saturated heterocycles. The highest BCUT2D eigenvalue weighted by molar-refractivity contribution is 5.33. The fourth-order valence-corrected chi connectivity index (χ4v) is 2.75. The van der Waals surface area contributed by atoms with Crippen molar-refractivity contribution in [2.24, 2.45) is 5.92 Å². The first-order valence-electron chi connectivity index (χ1n) is 7.78. The zero-order valence-electron chi connectivity index (χ0n) is 13.6. The first-order chi connectivity index (χ1) is 9.95. The highest BCUT2D eigenvalue weighted by atomic mass is 16.3. The van der Waals surface area contributed by atoms with E-state index in [2.05, 4.69) is 64.1 Å². The molecular formula is C20H26O. The maximum Gasteiger partial charge on any atom is 0.0830 e. The normalized spacial score (nSPS) is 12.7. The van der Waals surface area contributed by atoms with Crippen molar-refractivity contribution >= 4 is 0 Å². The molecule has 21 heavy (non-hydrogen) atoms. The molecule has 0 fully saturated rings. The molecule has 1 atom stereocenters. The predicted molar refractivity (Wildman–Crippen MR) is 89.6 cm³/mol. The Balaban J connectivity index is 2.16. The summed E-state index contributed by atoms with van der Waals surface area (Å²) >= 11 is 0. The number of hydrogen-bond acceptors (Lipinski definition) is 1. The lowest BCUT2D eigenvalue weighted by atomic mass is 9.94. The van der Waals surface area contributed by atoms with Gasteiger partial charge in [0, 0.05) is 6.42 Å². The molecule has 112 valence electrons. The van der Waals surface area contributed by atoms with E-state index in [9.17, 15) is 5.11 Å². The quantitative estimate of drug-likeness (QED) is 0.837. The van der Waals surface area contributed by atoms with E-state index in [1.54, 1.807) is 0 Å². The molecule has 2 aromatic rings. The van der Waals surface area contributed by atoms with Gasteiger partial charge >= 0.3 is 0 Å². The Morgan fingerprint density at radius 3 is 2.43 bits per heavy atom. The zero-order valence-corrected chi connectivity index (χ0v) is 13.6. The predicted octanol–water partition coefficient (Wildman–Crippen LogP) is 4.78. The monoisotopic (exact) mass is 282 g/mol. The highest BCUT2D eigenvalue weighted by Crippen LogP contribution is 2.23. The van der Waals surface area contributed by atoms with Crippen LogP contribution in [0.4, 0.5) is 0 Å². The molecule has 0 saturated carbocycles. The van der Waals surface area contributed by atoms with Gasteiger partial charge in [0.1, 0.15) is 0 Å². The molecule has 1 heteroatoms. The third-order valence-electron chi connectivity index (χ3n) is 3.90. The molecule has 0 aliphatic carbocycles. The van der Waals surface area contributed by atoms with Crippen LogP contribution in [0, 0.1) is 19.8 Å². The molecule has 2 aromatic carbocycles. The minimum Gasteiger partial charge on any atom is -0.388 e. The van der Waals surface area contributed by atoms with Crippen molar-refractivity contribution in [2.45, 2.75) is 46.6 Å². The van der Waals surface area contributed by atoms with Gasteiger partial charge in [-0.1, -0.05) is 61.9 Å². The summed E-state index contributed by atoms with van der Waals surface area (Å²) in [5, 5.41) is 10.5. The van der Waals surface area contributed by atoms with E-state index in [1.807, 2.05) is 6.07 Å². The fourth-order valence-electron chi connectivity index (χ4n) is 2.75. The van der Waals surface area contributed by atoms with E-state index >= 15 is 0 Å². The molecule has 1 unspecified atom stereocenters. The highest BCUT2D eigenvalue weighted by Gasteiger charge is 2.11. The molecule has 0 heterocycles. The zero-order chi connectivity index (χ0) is 15.4. The van der Waals surface area contributed by atoms with E-state index < -0.39 is 6.10 Å². The van der Waals surface area contributed by atoms with Gasteiger partial charge in [-0.3, -0.25) is 0 Å². The summed E-state index contributed by atoms with van der Waals surface area (Å²) in [7, 11) is 0. The topological polar surface area (TPSA) is 20.2 Å². The molecular weight excluding hydrogens is 256 g/mol. The summed E-state index contributed by atoms with van der Waals surface area (Å²) in [6, 6.07) is 14.8. The van der Waals surface area contributed by atoms with Crippen molar-refractivity contribution in [1.29, 1.82) is 0 Å². The van der Waals surface area contributed by atoms with Gasteiger partial charge < -0.3 is 5.11 Å². The number of hydrogen-bond donors (Lipinski definition) is 1. The Morgan fingerprint density at radius 2 is 1.71 bits per heavy atom. The van der Waals surface area contributed by atoms with E-state index in [-0.39, 0.29) is 0 Å². The van der Waals surface area contributed by atoms with Gasteiger partial charge in [0.05, 0.1) is 6.10 Å². The van der Waals surface area contributed by atoms with Crippen LogP contribution in [0.1, 0.15) is 47.8 Å². The van der Waals surface area contributed by atoms with E-state index in [0.29, 0.717) is 12.3 Å². The van der Waals surface area contributed by atoms with Gasteiger partial charge in [0.15, 0.2) is 0 Å². The Morgan fingerprint density at radius 1 is 0.952 bits per heavy atom. The molecule has 0 bridgehead atoms. The maximum absolute atomic E-state index is 10.5. The maximum atomic E-state index is 10.5. The number of rotatable bonds is 5. The number of aliphatic hydroxyl groups is 1. The van der Waals surface area contributed by atoms with Crippen molar-refractivity contribution in [3.63, 3.8) is 0 Å². The number of aryl methyl sites for hydroxylation is 2. The minimum atomic E-state index is -0.433. The number of benzene rings is 2. The summed E-state index contributed by atoms with van der Waals surface area (Å²) < 4.78 is 0. The summed E-state index contributed by atoms with van der Waals surface area (Å²) in [5.74, 6) is 0.636. The van der Waals surface area contributed by atoms with Crippen LogP contribution >= 0.6 is 0 Å². The van der Waals surface area contributed by atoms with Crippen molar-refractivity contribution in [2.75, 3.05) is 0 Å². The molecule has 0 amide bonds. The van der Waals surface area contributed by atoms with Gasteiger partial charge in [-0.2, -0.15) is 0 Å². The molecule has 0 aliphatic rings. The second kappa shape index (κ2) is 6.91. The summed E-state index contributed by atoms with van der Waals surface area (Å²) in [4.78, 5) is 0. The average molecular weight is 282 g/mol. The van der Waals surface area contributed by atoms with Crippen LogP contribution in [-0.2, 0) is 12.8 Å². The third-order valence-corrected chi connectivity index (χ3v) is 3.90. The van der Waals surface area contributed by atoms with Crippen LogP contribution in [0.15, 0.2) is 42.5 Å². The molecule has 0 radical (unpaired) electrons. The standard InChI is InChI=1S/C20H26O/c1-14(2)10-17-6-5-7-18(12-17)20(21)13-19-11-15(3)8-9-16(19)4/h5-9,11-12,14,20-21H,10,13H2,1-4H3. The summed E-state index contributed by atoms with van der Waals surface area (Å²) in [5.41, 5.74) is 6.06. The van der Waals surface area contributed by atoms with E-state index in [1.165, 1.54) is 22.3 Å². The summed E-state index contributed by atoms with van der Waals surface area (Å²) in [6.07, 6.45) is 1.31. The first-order valence-corrected chi connectivity index (χ1v) is 7.78. The first kappa shape index (κ1) is 15.8. The van der Waals surface area contributed by atoms with Gasteiger partial charge in [-0.05, 0) is 48.4 Å². The van der Waals surface area contributed by atoms with Crippen molar-refractivity contribution in [3.05, 3.63) is 70.3 Å². The average Bonchev–Trinajstić information content (AvgIpc) is 2.42. The van der Waals surface area contributed by atoms with Crippen molar-refractivity contribution in [1.82, 2.24) is 0 Å². The van der Waals surface area contributed by atoms with Crippen LogP contribution < -0.4 is 0 Å². The fraction of sp³-hybridized carbons (Fsp3) is 0.400. The lowest BCUT2D eigenvalue weighted by Crippen LogP contribution is -2.05.